The standard InChI is InChI=1S/C15H23ClFNO/c1-5-18(6-2)15(3,4)13(19)10-11-8-7-9-12(16)14(11)17/h7-9,13,19H,5-6,10H2,1-4H3. The lowest BCUT2D eigenvalue weighted by atomic mass is 9.89. The van der Waals surface area contributed by atoms with Gasteiger partial charge in [-0.3, -0.25) is 4.90 Å². The Bertz CT molecular complexity index is 419. The molecule has 0 amide bonds. The van der Waals surface area contributed by atoms with Crippen molar-refractivity contribution in [1.82, 2.24) is 4.90 Å². The summed E-state index contributed by atoms with van der Waals surface area (Å²) in [4.78, 5) is 2.17. The Morgan fingerprint density at radius 1 is 1.32 bits per heavy atom. The Morgan fingerprint density at radius 2 is 1.89 bits per heavy atom. The van der Waals surface area contributed by atoms with E-state index in [-0.39, 0.29) is 11.4 Å². The van der Waals surface area contributed by atoms with Gasteiger partial charge in [-0.05, 0) is 38.6 Å². The number of likely N-dealkylation sites (N-methyl/N-ethyl adjacent to an activating group) is 1. The van der Waals surface area contributed by atoms with Crippen molar-refractivity contribution in [3.8, 4) is 0 Å². The summed E-state index contributed by atoms with van der Waals surface area (Å²) in [6, 6.07) is 4.89. The van der Waals surface area contributed by atoms with Crippen LogP contribution >= 0.6 is 11.6 Å². The summed E-state index contributed by atoms with van der Waals surface area (Å²) >= 11 is 5.76. The van der Waals surface area contributed by atoms with Crippen molar-refractivity contribution in [2.24, 2.45) is 0 Å². The highest BCUT2D eigenvalue weighted by Crippen LogP contribution is 2.25. The van der Waals surface area contributed by atoms with Gasteiger partial charge in [-0.2, -0.15) is 0 Å². The molecule has 0 spiro atoms. The molecule has 19 heavy (non-hydrogen) atoms. The molecule has 1 atom stereocenters. The molecule has 1 N–H and O–H groups in total. The van der Waals surface area contributed by atoms with Crippen molar-refractivity contribution in [3.05, 3.63) is 34.6 Å². The van der Waals surface area contributed by atoms with Crippen LogP contribution in [0.25, 0.3) is 0 Å². The van der Waals surface area contributed by atoms with E-state index in [1.807, 2.05) is 13.8 Å². The van der Waals surface area contributed by atoms with Gasteiger partial charge < -0.3 is 5.11 Å². The summed E-state index contributed by atoms with van der Waals surface area (Å²) in [5.74, 6) is -0.432. The monoisotopic (exact) mass is 287 g/mol. The highest BCUT2D eigenvalue weighted by atomic mass is 35.5. The molecule has 108 valence electrons. The number of aliphatic hydroxyl groups is 1. The maximum absolute atomic E-state index is 13.9. The molecule has 0 aliphatic heterocycles. The Morgan fingerprint density at radius 3 is 2.42 bits per heavy atom. The lowest BCUT2D eigenvalue weighted by molar-refractivity contribution is -0.00454. The second kappa shape index (κ2) is 6.69. The van der Waals surface area contributed by atoms with Gasteiger partial charge >= 0.3 is 0 Å². The van der Waals surface area contributed by atoms with Crippen molar-refractivity contribution in [3.63, 3.8) is 0 Å². The van der Waals surface area contributed by atoms with E-state index in [4.69, 9.17) is 11.6 Å². The van der Waals surface area contributed by atoms with Crippen LogP contribution in [0.3, 0.4) is 0 Å². The van der Waals surface area contributed by atoms with E-state index in [9.17, 15) is 9.50 Å². The molecule has 1 aromatic carbocycles. The first-order chi connectivity index (χ1) is 8.84. The zero-order chi connectivity index (χ0) is 14.6. The van der Waals surface area contributed by atoms with Crippen LogP contribution in [0.15, 0.2) is 18.2 Å². The van der Waals surface area contributed by atoms with Gasteiger partial charge in [-0.25, -0.2) is 4.39 Å². The summed E-state index contributed by atoms with van der Waals surface area (Å²) in [5.41, 5.74) is 0.0540. The molecule has 0 aromatic heterocycles. The van der Waals surface area contributed by atoms with Crippen molar-refractivity contribution in [2.45, 2.75) is 45.8 Å². The molecule has 0 bridgehead atoms. The molecule has 0 fully saturated rings. The van der Waals surface area contributed by atoms with Crippen molar-refractivity contribution in [1.29, 1.82) is 0 Å². The van der Waals surface area contributed by atoms with Gasteiger partial charge in [0.2, 0.25) is 0 Å². The Hall–Kier alpha value is -0.640. The lowest BCUT2D eigenvalue weighted by Gasteiger charge is -2.41. The zero-order valence-electron chi connectivity index (χ0n) is 12.1. The molecular formula is C15H23ClFNO. The first-order valence-corrected chi connectivity index (χ1v) is 7.08. The fraction of sp³-hybridized carbons (Fsp3) is 0.600. The van der Waals surface area contributed by atoms with E-state index >= 15 is 0 Å². The number of rotatable bonds is 6. The molecule has 1 unspecified atom stereocenters. The van der Waals surface area contributed by atoms with Crippen molar-refractivity contribution >= 4 is 11.6 Å². The summed E-state index contributed by atoms with van der Waals surface area (Å²) in [6.45, 7) is 9.76. The van der Waals surface area contributed by atoms with Crippen LogP contribution in [0, 0.1) is 5.82 Å². The van der Waals surface area contributed by atoms with Crippen LogP contribution in [-0.4, -0.2) is 34.7 Å². The predicted molar refractivity (Wildman–Crippen MR) is 78.1 cm³/mol. The Labute approximate surface area is 120 Å². The van der Waals surface area contributed by atoms with Crippen molar-refractivity contribution < 1.29 is 9.50 Å². The van der Waals surface area contributed by atoms with E-state index in [1.165, 1.54) is 6.07 Å². The van der Waals surface area contributed by atoms with E-state index in [1.54, 1.807) is 12.1 Å². The SMILES string of the molecule is CCN(CC)C(C)(C)C(O)Cc1cccc(Cl)c1F. The number of halogens is 2. The molecule has 0 aliphatic rings. The molecule has 0 saturated carbocycles. The molecule has 2 nitrogen and oxygen atoms in total. The molecule has 1 rings (SSSR count). The van der Waals surface area contributed by atoms with Crippen LogP contribution in [-0.2, 0) is 6.42 Å². The third kappa shape index (κ3) is 3.68. The average Bonchev–Trinajstić information content (AvgIpc) is 2.36. The van der Waals surface area contributed by atoms with Gasteiger partial charge in [0.15, 0.2) is 0 Å². The first-order valence-electron chi connectivity index (χ1n) is 6.70. The quantitative estimate of drug-likeness (QED) is 0.865. The number of hydrogen-bond donors (Lipinski definition) is 1. The van der Waals surface area contributed by atoms with Gasteiger partial charge in [0.25, 0.3) is 0 Å². The number of aliphatic hydroxyl groups excluding tert-OH is 1. The molecule has 1 aromatic rings. The molecule has 0 heterocycles. The van der Waals surface area contributed by atoms with Gasteiger partial charge in [-0.1, -0.05) is 37.6 Å². The van der Waals surface area contributed by atoms with Crippen LogP contribution < -0.4 is 0 Å². The summed E-state index contributed by atoms with van der Waals surface area (Å²) in [5, 5.41) is 10.5. The van der Waals surface area contributed by atoms with Crippen LogP contribution in [0.1, 0.15) is 33.3 Å². The number of nitrogens with zero attached hydrogens (tertiary/aromatic N) is 1. The normalized spacial score (nSPS) is 13.9. The summed E-state index contributed by atoms with van der Waals surface area (Å²) < 4.78 is 13.9. The van der Waals surface area contributed by atoms with Gasteiger partial charge in [0.1, 0.15) is 5.82 Å². The lowest BCUT2D eigenvalue weighted by Crippen LogP contribution is -2.53. The smallest absolute Gasteiger partial charge is 0.145 e. The maximum Gasteiger partial charge on any atom is 0.145 e. The molecule has 0 saturated heterocycles. The number of benzene rings is 1. The maximum atomic E-state index is 13.9. The number of hydrogen-bond acceptors (Lipinski definition) is 2. The molecule has 4 heteroatoms. The van der Waals surface area contributed by atoms with Gasteiger partial charge in [-0.15, -0.1) is 0 Å². The zero-order valence-corrected chi connectivity index (χ0v) is 12.8. The Balaban J connectivity index is 2.89. The third-order valence-electron chi connectivity index (χ3n) is 3.84. The van der Waals surface area contributed by atoms with Crippen molar-refractivity contribution in [2.75, 3.05) is 13.1 Å². The minimum Gasteiger partial charge on any atom is -0.391 e. The largest absolute Gasteiger partial charge is 0.391 e. The van der Waals surface area contributed by atoms with Crippen LogP contribution in [0.4, 0.5) is 4.39 Å². The molecular weight excluding hydrogens is 265 g/mol. The fourth-order valence-corrected chi connectivity index (χ4v) is 2.61. The molecule has 0 aliphatic carbocycles. The van der Waals surface area contributed by atoms with Gasteiger partial charge in [0, 0.05) is 12.0 Å². The predicted octanol–water partition coefficient (Wildman–Crippen LogP) is 3.50. The van der Waals surface area contributed by atoms with E-state index in [0.717, 1.165) is 13.1 Å². The van der Waals surface area contributed by atoms with E-state index < -0.39 is 17.5 Å². The minimum atomic E-state index is -0.652. The minimum absolute atomic E-state index is 0.102. The topological polar surface area (TPSA) is 23.5 Å². The second-order valence-corrected chi connectivity index (χ2v) is 5.67. The van der Waals surface area contributed by atoms with E-state index in [0.29, 0.717) is 5.56 Å². The molecule has 0 radical (unpaired) electrons. The van der Waals surface area contributed by atoms with Gasteiger partial charge in [0.05, 0.1) is 11.1 Å². The first kappa shape index (κ1) is 16.4. The average molecular weight is 288 g/mol. The third-order valence-corrected chi connectivity index (χ3v) is 4.13. The highest BCUT2D eigenvalue weighted by molar-refractivity contribution is 6.30. The van der Waals surface area contributed by atoms with E-state index in [2.05, 4.69) is 18.7 Å². The van der Waals surface area contributed by atoms with Crippen LogP contribution in [0.2, 0.25) is 5.02 Å². The van der Waals surface area contributed by atoms with Crippen LogP contribution in [0.5, 0.6) is 0 Å². The highest BCUT2D eigenvalue weighted by Gasteiger charge is 2.33. The second-order valence-electron chi connectivity index (χ2n) is 5.26. The summed E-state index contributed by atoms with van der Waals surface area (Å²) in [7, 11) is 0. The Kier molecular flexibility index (Phi) is 5.78. The summed E-state index contributed by atoms with van der Waals surface area (Å²) in [6.07, 6.45) is -0.393. The fourth-order valence-electron chi connectivity index (χ4n) is 2.41.